The van der Waals surface area contributed by atoms with E-state index >= 15 is 0 Å². The topological polar surface area (TPSA) is 83.1 Å². The van der Waals surface area contributed by atoms with Crippen LogP contribution in [-0.4, -0.2) is 37.1 Å². The summed E-state index contributed by atoms with van der Waals surface area (Å²) in [6.07, 6.45) is 1.81. The summed E-state index contributed by atoms with van der Waals surface area (Å²) in [7, 11) is 0.726. The molecular formula is C9H11BN4O2. The van der Waals surface area contributed by atoms with Crippen LogP contribution in [0.1, 0.15) is 0 Å². The molecule has 0 aromatic carbocycles. The fraction of sp³-hybridized carbons (Fsp3) is 0.333. The van der Waals surface area contributed by atoms with Crippen LogP contribution in [0.25, 0.3) is 0 Å². The molecule has 1 aliphatic heterocycles. The Morgan fingerprint density at radius 1 is 1.62 bits per heavy atom. The molecule has 1 aliphatic rings. The summed E-state index contributed by atoms with van der Waals surface area (Å²) in [5.74, 6) is 0.479. The molecule has 7 heteroatoms. The molecule has 0 radical (unpaired) electrons. The number of hydrogen-bond donors (Lipinski definition) is 3. The molecule has 0 saturated heterocycles. The van der Waals surface area contributed by atoms with Crippen molar-refractivity contribution >= 4 is 24.6 Å². The molecule has 6 nitrogen and oxygen atoms in total. The molecule has 2 heterocycles. The number of rotatable bonds is 3. The van der Waals surface area contributed by atoms with E-state index < -0.39 is 6.04 Å². The molecular weight excluding hydrogens is 207 g/mol. The summed E-state index contributed by atoms with van der Waals surface area (Å²) in [4.78, 5) is 15.8. The van der Waals surface area contributed by atoms with Gasteiger partial charge in [0.05, 0.1) is 0 Å². The van der Waals surface area contributed by atoms with Gasteiger partial charge >= 0.3 is 92.4 Å². The van der Waals surface area contributed by atoms with Gasteiger partial charge in [-0.2, -0.15) is 0 Å². The van der Waals surface area contributed by atoms with E-state index in [1.807, 2.05) is 0 Å². The molecule has 3 N–H and O–H groups in total. The van der Waals surface area contributed by atoms with Gasteiger partial charge in [0.1, 0.15) is 0 Å². The number of hydrogen-bond acceptors (Lipinski definition) is 5. The van der Waals surface area contributed by atoms with Gasteiger partial charge in [0, 0.05) is 0 Å². The van der Waals surface area contributed by atoms with Crippen LogP contribution in [0, 0.1) is 0 Å². The Morgan fingerprint density at radius 3 is 3.31 bits per heavy atom. The second-order valence-corrected chi connectivity index (χ2v) is 3.40. The van der Waals surface area contributed by atoms with Crippen LogP contribution < -0.4 is 16.0 Å². The molecule has 0 fully saturated rings. The van der Waals surface area contributed by atoms with Gasteiger partial charge in [-0.15, -0.1) is 0 Å². The zero-order valence-electron chi connectivity index (χ0n) is 8.56. The van der Waals surface area contributed by atoms with Crippen molar-refractivity contribution in [2.24, 2.45) is 0 Å². The summed E-state index contributed by atoms with van der Waals surface area (Å²) >= 11 is 0. The predicted octanol–water partition coefficient (Wildman–Crippen LogP) is -0.589. The number of amides is 1. The Bertz CT molecular complexity index is 412. The molecule has 0 bridgehead atoms. The molecule has 0 saturated carbocycles. The Labute approximate surface area is 93.1 Å². The van der Waals surface area contributed by atoms with E-state index in [1.54, 1.807) is 18.3 Å². The molecule has 1 aromatic heterocycles. The number of nitrogens with one attached hydrogen (secondary N) is 3. The van der Waals surface area contributed by atoms with Crippen LogP contribution in [0.3, 0.4) is 0 Å². The number of pyridine rings is 1. The van der Waals surface area contributed by atoms with Crippen molar-refractivity contribution in [3.05, 3.63) is 18.3 Å². The maximum absolute atomic E-state index is 11.7. The van der Waals surface area contributed by atoms with Gasteiger partial charge in [-0.05, 0) is 0 Å². The van der Waals surface area contributed by atoms with Gasteiger partial charge < -0.3 is 0 Å². The first-order valence-electron chi connectivity index (χ1n) is 4.98. The third-order valence-corrected chi connectivity index (χ3v) is 2.30. The Morgan fingerprint density at radius 2 is 2.50 bits per heavy atom. The van der Waals surface area contributed by atoms with Crippen LogP contribution >= 0.6 is 0 Å². The Kier molecular flexibility index (Phi) is 3.26. The normalized spacial score (nSPS) is 18.8. The van der Waals surface area contributed by atoms with Gasteiger partial charge in [-0.3, -0.25) is 0 Å². The maximum atomic E-state index is 11.7. The van der Waals surface area contributed by atoms with Crippen LogP contribution in [0.5, 0.6) is 0 Å². The minimum atomic E-state index is -0.431. The van der Waals surface area contributed by atoms with E-state index in [0.717, 1.165) is 7.15 Å². The molecule has 1 amide bonds. The van der Waals surface area contributed by atoms with Crippen LogP contribution in [0.15, 0.2) is 18.3 Å². The van der Waals surface area contributed by atoms with Gasteiger partial charge in [-0.1, -0.05) is 0 Å². The number of fused-ring (bicyclic) bond motifs is 1. The molecule has 0 aliphatic carbocycles. The van der Waals surface area contributed by atoms with E-state index in [2.05, 4.69) is 20.9 Å². The van der Waals surface area contributed by atoms with Crippen molar-refractivity contribution in [3.63, 3.8) is 0 Å². The first-order chi connectivity index (χ1) is 7.81. The van der Waals surface area contributed by atoms with Crippen molar-refractivity contribution in [1.82, 2.24) is 10.3 Å². The van der Waals surface area contributed by atoms with Crippen molar-refractivity contribution < 1.29 is 9.50 Å². The van der Waals surface area contributed by atoms with Gasteiger partial charge in [0.15, 0.2) is 0 Å². The molecule has 1 aromatic rings. The van der Waals surface area contributed by atoms with Crippen molar-refractivity contribution in [2.75, 3.05) is 23.6 Å². The monoisotopic (exact) mass is 218 g/mol. The number of carbonyl (C=O) groups is 1. The van der Waals surface area contributed by atoms with Gasteiger partial charge in [-0.25, -0.2) is 0 Å². The summed E-state index contributed by atoms with van der Waals surface area (Å²) in [6, 6.07) is 3.09. The Hall–Kier alpha value is -1.76. The average Bonchev–Trinajstić information content (AvgIpc) is 2.45. The molecule has 0 unspecified atom stereocenters. The van der Waals surface area contributed by atoms with Crippen molar-refractivity contribution in [3.8, 4) is 0 Å². The van der Waals surface area contributed by atoms with E-state index in [9.17, 15) is 9.50 Å². The third-order valence-electron chi connectivity index (χ3n) is 2.30. The summed E-state index contributed by atoms with van der Waals surface area (Å²) in [5, 5.41) is 8.61. The van der Waals surface area contributed by atoms with Gasteiger partial charge in [0.25, 0.3) is 0 Å². The zero-order chi connectivity index (χ0) is 11.4. The first-order valence-corrected chi connectivity index (χ1v) is 4.98. The number of carbonyl (C=O) groups excluding carboxylic acids is 1. The second-order valence-electron chi connectivity index (χ2n) is 3.40. The Balaban J connectivity index is 2.12. The molecule has 0 spiro atoms. The standard InChI is InChI=1S/C9H11BN4O2/c15-9-7(13-5-10-16)4-12-8-6(14-9)2-1-3-11-8/h1-3,7,13H,4-5H2,(H,11,12)(H,14,15)/t7-/m0/s1. The number of anilines is 2. The summed E-state index contributed by atoms with van der Waals surface area (Å²) in [6.45, 7) is 0.406. The minimum absolute atomic E-state index is 0.156. The van der Waals surface area contributed by atoms with Gasteiger partial charge in [0.2, 0.25) is 0 Å². The summed E-state index contributed by atoms with van der Waals surface area (Å²) < 4.78 is 10.2. The first kappa shape index (κ1) is 10.8. The predicted molar refractivity (Wildman–Crippen MR) is 59.6 cm³/mol. The van der Waals surface area contributed by atoms with Crippen molar-refractivity contribution in [1.29, 1.82) is 0 Å². The molecule has 82 valence electrons. The number of nitrogens with zero attached hydrogens (tertiary/aromatic N) is 1. The van der Waals surface area contributed by atoms with E-state index in [0.29, 0.717) is 18.1 Å². The number of aromatic nitrogens is 1. The van der Waals surface area contributed by atoms with E-state index in [-0.39, 0.29) is 12.4 Å². The quantitative estimate of drug-likeness (QED) is 0.590. The molecule has 2 rings (SSSR count). The summed E-state index contributed by atoms with van der Waals surface area (Å²) in [5.41, 5.74) is 0.655. The fourth-order valence-corrected chi connectivity index (χ4v) is 1.51. The second kappa shape index (κ2) is 4.85. The molecule has 1 atom stereocenters. The fourth-order valence-electron chi connectivity index (χ4n) is 1.51. The van der Waals surface area contributed by atoms with Crippen LogP contribution in [0.4, 0.5) is 11.5 Å². The van der Waals surface area contributed by atoms with Crippen LogP contribution in [-0.2, 0) is 9.50 Å². The average molecular weight is 218 g/mol. The van der Waals surface area contributed by atoms with E-state index in [4.69, 9.17) is 0 Å². The zero-order valence-corrected chi connectivity index (χ0v) is 8.56. The molecule has 16 heavy (non-hydrogen) atoms. The van der Waals surface area contributed by atoms with Crippen LogP contribution in [0.2, 0.25) is 0 Å². The third kappa shape index (κ3) is 2.25. The van der Waals surface area contributed by atoms with Crippen molar-refractivity contribution in [2.45, 2.75) is 6.04 Å². The van der Waals surface area contributed by atoms with E-state index in [1.165, 1.54) is 0 Å². The SMILES string of the molecule is O=BCN[C@H]1CNc2ncccc2NC1=O.